The Bertz CT molecular complexity index is 385. The molecule has 1 rings (SSSR count). The molecule has 82 valence electrons. The van der Waals surface area contributed by atoms with Crippen LogP contribution in [0.15, 0.2) is 18.2 Å². The van der Waals surface area contributed by atoms with Crippen LogP contribution < -0.4 is 0 Å². The number of halogens is 3. The molecule has 0 bridgehead atoms. The summed E-state index contributed by atoms with van der Waals surface area (Å²) in [7, 11) is 1.02. The van der Waals surface area contributed by atoms with E-state index >= 15 is 0 Å². The van der Waals surface area contributed by atoms with Crippen LogP contribution in [0.25, 0.3) is 0 Å². The summed E-state index contributed by atoms with van der Waals surface area (Å²) in [5.41, 5.74) is -1.52. The molecule has 0 aliphatic heterocycles. The summed E-state index contributed by atoms with van der Waals surface area (Å²) in [6, 6.07) is 2.03. The zero-order valence-corrected chi connectivity index (χ0v) is 7.63. The summed E-state index contributed by atoms with van der Waals surface area (Å²) in [6.45, 7) is 0. The van der Waals surface area contributed by atoms with Gasteiger partial charge >= 0.3 is 12.1 Å². The molecule has 0 aliphatic rings. The first-order valence-corrected chi connectivity index (χ1v) is 3.85. The molecule has 0 aliphatic carbocycles. The molecule has 0 radical (unpaired) electrons. The minimum atomic E-state index is -4.56. The Hall–Kier alpha value is -1.72. The van der Waals surface area contributed by atoms with E-state index in [1.165, 1.54) is 0 Å². The van der Waals surface area contributed by atoms with Crippen molar-refractivity contribution in [2.24, 2.45) is 0 Å². The Morgan fingerprint density at radius 1 is 1.40 bits per heavy atom. The molecular weight excluding hydrogens is 213 g/mol. The first kappa shape index (κ1) is 11.4. The summed E-state index contributed by atoms with van der Waals surface area (Å²) in [4.78, 5) is 11.0. The fourth-order valence-corrected chi connectivity index (χ4v) is 0.986. The third kappa shape index (κ3) is 2.39. The Labute approximate surface area is 83.1 Å². The number of carbonyl (C=O) groups is 1. The number of methoxy groups -OCH3 is 1. The maximum atomic E-state index is 12.2. The molecule has 0 unspecified atom stereocenters. The molecule has 15 heavy (non-hydrogen) atoms. The zero-order chi connectivity index (χ0) is 11.6. The van der Waals surface area contributed by atoms with E-state index in [1.54, 1.807) is 0 Å². The molecule has 1 aromatic carbocycles. The monoisotopic (exact) mass is 220 g/mol. The SMILES string of the molecule is COC(=O)c1cc(C(F)(F)F)ccc1O. The highest BCUT2D eigenvalue weighted by molar-refractivity contribution is 5.92. The van der Waals surface area contributed by atoms with Crippen molar-refractivity contribution < 1.29 is 27.8 Å². The standard InChI is InChI=1S/C9H7F3O3/c1-15-8(14)6-4-5(9(10,11)12)2-3-7(6)13/h2-4,13H,1H3. The van der Waals surface area contributed by atoms with Crippen LogP contribution in [0.4, 0.5) is 13.2 Å². The largest absolute Gasteiger partial charge is 0.507 e. The van der Waals surface area contributed by atoms with Crippen molar-refractivity contribution in [1.82, 2.24) is 0 Å². The van der Waals surface area contributed by atoms with E-state index in [4.69, 9.17) is 5.11 Å². The Morgan fingerprint density at radius 2 is 2.00 bits per heavy atom. The molecule has 0 amide bonds. The lowest BCUT2D eigenvalue weighted by molar-refractivity contribution is -0.137. The number of benzene rings is 1. The van der Waals surface area contributed by atoms with Crippen LogP contribution in [0.2, 0.25) is 0 Å². The van der Waals surface area contributed by atoms with Crippen molar-refractivity contribution in [1.29, 1.82) is 0 Å². The fourth-order valence-electron chi connectivity index (χ4n) is 0.986. The van der Waals surface area contributed by atoms with Gasteiger partial charge in [0.1, 0.15) is 11.3 Å². The quantitative estimate of drug-likeness (QED) is 0.738. The molecule has 0 aromatic heterocycles. The van der Waals surface area contributed by atoms with Crippen LogP contribution in [0.5, 0.6) is 5.75 Å². The van der Waals surface area contributed by atoms with Gasteiger partial charge in [0.15, 0.2) is 0 Å². The minimum Gasteiger partial charge on any atom is -0.507 e. The van der Waals surface area contributed by atoms with E-state index in [0.717, 1.165) is 13.2 Å². The molecule has 0 saturated carbocycles. The van der Waals surface area contributed by atoms with Crippen LogP contribution in [-0.4, -0.2) is 18.2 Å². The van der Waals surface area contributed by atoms with Gasteiger partial charge in [0.05, 0.1) is 12.7 Å². The second kappa shape index (κ2) is 3.80. The molecule has 1 N–H and O–H groups in total. The lowest BCUT2D eigenvalue weighted by atomic mass is 10.1. The lowest BCUT2D eigenvalue weighted by Crippen LogP contribution is -2.08. The predicted molar refractivity (Wildman–Crippen MR) is 44.4 cm³/mol. The van der Waals surface area contributed by atoms with Gasteiger partial charge in [-0.05, 0) is 18.2 Å². The highest BCUT2D eigenvalue weighted by Crippen LogP contribution is 2.32. The number of hydrogen-bond donors (Lipinski definition) is 1. The Morgan fingerprint density at radius 3 is 2.47 bits per heavy atom. The topological polar surface area (TPSA) is 46.5 Å². The van der Waals surface area contributed by atoms with E-state index in [0.29, 0.717) is 12.1 Å². The fraction of sp³-hybridized carbons (Fsp3) is 0.222. The molecule has 0 saturated heterocycles. The van der Waals surface area contributed by atoms with Gasteiger partial charge in [-0.3, -0.25) is 0 Å². The van der Waals surface area contributed by atoms with Crippen LogP contribution >= 0.6 is 0 Å². The second-order valence-corrected chi connectivity index (χ2v) is 2.72. The van der Waals surface area contributed by atoms with Crippen molar-refractivity contribution in [2.75, 3.05) is 7.11 Å². The van der Waals surface area contributed by atoms with E-state index < -0.39 is 29.0 Å². The van der Waals surface area contributed by atoms with Gasteiger partial charge in [-0.15, -0.1) is 0 Å². The molecule has 1 aromatic rings. The van der Waals surface area contributed by atoms with Crippen molar-refractivity contribution in [3.8, 4) is 5.75 Å². The van der Waals surface area contributed by atoms with Gasteiger partial charge < -0.3 is 9.84 Å². The number of rotatable bonds is 1. The highest BCUT2D eigenvalue weighted by atomic mass is 19.4. The second-order valence-electron chi connectivity index (χ2n) is 2.72. The molecule has 0 fully saturated rings. The number of ether oxygens (including phenoxy) is 1. The number of alkyl halides is 3. The van der Waals surface area contributed by atoms with Gasteiger partial charge in [-0.2, -0.15) is 13.2 Å². The van der Waals surface area contributed by atoms with Crippen LogP contribution in [0, 0.1) is 0 Å². The van der Waals surface area contributed by atoms with Gasteiger partial charge in [-0.1, -0.05) is 0 Å². The first-order valence-electron chi connectivity index (χ1n) is 3.85. The van der Waals surface area contributed by atoms with Crippen molar-refractivity contribution in [3.63, 3.8) is 0 Å². The summed E-state index contributed by atoms with van der Waals surface area (Å²) < 4.78 is 40.9. The Kier molecular flexibility index (Phi) is 2.88. The minimum absolute atomic E-state index is 0.507. The van der Waals surface area contributed by atoms with E-state index in [1.807, 2.05) is 0 Å². The van der Waals surface area contributed by atoms with Crippen molar-refractivity contribution in [2.45, 2.75) is 6.18 Å². The maximum Gasteiger partial charge on any atom is 0.416 e. The Balaban J connectivity index is 3.23. The summed E-state index contributed by atoms with van der Waals surface area (Å²) in [5, 5.41) is 9.13. The number of phenolic OH excluding ortho intramolecular Hbond substituents is 1. The van der Waals surface area contributed by atoms with Crippen LogP contribution in [0.1, 0.15) is 15.9 Å². The predicted octanol–water partition coefficient (Wildman–Crippen LogP) is 2.20. The third-order valence-corrected chi connectivity index (χ3v) is 1.73. The summed E-state index contributed by atoms with van der Waals surface area (Å²) >= 11 is 0. The summed E-state index contributed by atoms with van der Waals surface area (Å²) in [6.07, 6.45) is -4.56. The highest BCUT2D eigenvalue weighted by Gasteiger charge is 2.31. The van der Waals surface area contributed by atoms with E-state index in [9.17, 15) is 18.0 Å². The number of phenols is 1. The molecule has 3 nitrogen and oxygen atoms in total. The van der Waals surface area contributed by atoms with Crippen molar-refractivity contribution in [3.05, 3.63) is 29.3 Å². The average molecular weight is 220 g/mol. The number of hydrogen-bond acceptors (Lipinski definition) is 3. The van der Waals surface area contributed by atoms with Gasteiger partial charge in [0.2, 0.25) is 0 Å². The van der Waals surface area contributed by atoms with Gasteiger partial charge in [0.25, 0.3) is 0 Å². The van der Waals surface area contributed by atoms with Gasteiger partial charge in [-0.25, -0.2) is 4.79 Å². The molecule has 0 spiro atoms. The van der Waals surface area contributed by atoms with Crippen molar-refractivity contribution >= 4 is 5.97 Å². The number of carbonyl (C=O) groups excluding carboxylic acids is 1. The first-order chi connectivity index (χ1) is 6.86. The molecular formula is C9H7F3O3. The average Bonchev–Trinajstić information content (AvgIpc) is 2.15. The smallest absolute Gasteiger partial charge is 0.416 e. The van der Waals surface area contributed by atoms with Crippen LogP contribution in [0.3, 0.4) is 0 Å². The maximum absolute atomic E-state index is 12.2. The van der Waals surface area contributed by atoms with E-state index in [2.05, 4.69) is 4.74 Å². The zero-order valence-electron chi connectivity index (χ0n) is 7.63. The normalized spacial score (nSPS) is 11.2. The summed E-state index contributed by atoms with van der Waals surface area (Å²) in [5.74, 6) is -1.56. The van der Waals surface area contributed by atoms with Gasteiger partial charge in [0, 0.05) is 0 Å². The number of aromatic hydroxyl groups is 1. The van der Waals surface area contributed by atoms with Crippen LogP contribution in [-0.2, 0) is 10.9 Å². The molecule has 0 heterocycles. The third-order valence-electron chi connectivity index (χ3n) is 1.73. The van der Waals surface area contributed by atoms with E-state index in [-0.39, 0.29) is 0 Å². The molecule has 6 heteroatoms. The number of esters is 1. The lowest BCUT2D eigenvalue weighted by Gasteiger charge is -2.08. The molecule has 0 atom stereocenters.